The summed E-state index contributed by atoms with van der Waals surface area (Å²) < 4.78 is 66.9. The number of hydrogen-bond donors (Lipinski definition) is 2. The lowest BCUT2D eigenvalue weighted by Crippen LogP contribution is -2.21. The van der Waals surface area contributed by atoms with Crippen LogP contribution in [0.2, 0.25) is 0 Å². The van der Waals surface area contributed by atoms with E-state index in [-0.39, 0.29) is 0 Å². The number of pyridine rings is 1. The minimum Gasteiger partial charge on any atom is -0.475 e. The number of fused-ring (bicyclic) bond motifs is 1. The highest BCUT2D eigenvalue weighted by Gasteiger charge is 2.38. The van der Waals surface area contributed by atoms with Crippen LogP contribution >= 0.6 is 0 Å². The van der Waals surface area contributed by atoms with E-state index in [0.29, 0.717) is 30.3 Å². The van der Waals surface area contributed by atoms with Gasteiger partial charge in [0, 0.05) is 42.0 Å². The summed E-state index contributed by atoms with van der Waals surface area (Å²) in [6.07, 6.45) is -1.49. The normalized spacial score (nSPS) is 11.2. The lowest BCUT2D eigenvalue weighted by Gasteiger charge is -2.10. The van der Waals surface area contributed by atoms with Gasteiger partial charge in [-0.25, -0.2) is 18.6 Å². The summed E-state index contributed by atoms with van der Waals surface area (Å²) in [4.78, 5) is 13.1. The molecule has 0 atom stereocenters. The second kappa shape index (κ2) is 10.5. The van der Waals surface area contributed by atoms with Gasteiger partial charge < -0.3 is 20.1 Å². The van der Waals surface area contributed by atoms with Gasteiger partial charge in [-0.2, -0.15) is 13.2 Å². The molecule has 6 nitrogen and oxygen atoms in total. The average molecular weight is 493 g/mol. The van der Waals surface area contributed by atoms with Crippen molar-refractivity contribution in [3.63, 3.8) is 0 Å². The predicted molar refractivity (Wildman–Crippen MR) is 118 cm³/mol. The highest BCUT2D eigenvalue weighted by Crippen LogP contribution is 2.33. The predicted octanol–water partition coefficient (Wildman–Crippen LogP) is 5.56. The molecule has 0 saturated heterocycles. The number of aliphatic carboxylic acids is 1. The number of aromatic nitrogens is 2. The lowest BCUT2D eigenvalue weighted by molar-refractivity contribution is -0.192. The summed E-state index contributed by atoms with van der Waals surface area (Å²) in [5.74, 6) is -2.78. The van der Waals surface area contributed by atoms with Gasteiger partial charge in [0.25, 0.3) is 0 Å². The highest BCUT2D eigenvalue weighted by atomic mass is 19.4. The van der Waals surface area contributed by atoms with Gasteiger partial charge in [0.05, 0.1) is 12.1 Å². The smallest absolute Gasteiger partial charge is 0.475 e. The quantitative estimate of drug-likeness (QED) is 0.356. The molecule has 0 radical (unpaired) electrons. The maximum Gasteiger partial charge on any atom is 0.490 e. The molecule has 4 rings (SSSR count). The van der Waals surface area contributed by atoms with Crippen LogP contribution in [-0.4, -0.2) is 26.8 Å². The van der Waals surface area contributed by atoms with Crippen molar-refractivity contribution in [3.05, 3.63) is 89.2 Å². The van der Waals surface area contributed by atoms with E-state index in [0.717, 1.165) is 28.1 Å². The van der Waals surface area contributed by atoms with E-state index < -0.39 is 23.8 Å². The molecule has 35 heavy (non-hydrogen) atoms. The SMILES string of the molecule is Cc1cn(Cc2ccc(F)cc2F)c2cccc(Oc3cc(CN)ccn3)c12.O=C(O)C(F)(F)F. The summed E-state index contributed by atoms with van der Waals surface area (Å²) in [5.41, 5.74) is 8.92. The van der Waals surface area contributed by atoms with Crippen LogP contribution in [0.25, 0.3) is 10.9 Å². The van der Waals surface area contributed by atoms with E-state index in [9.17, 15) is 22.0 Å². The second-order valence-corrected chi connectivity index (χ2v) is 7.44. The number of aryl methyl sites for hydroxylation is 1. The Labute approximate surface area is 196 Å². The molecule has 0 fully saturated rings. The van der Waals surface area contributed by atoms with Crippen molar-refractivity contribution in [1.82, 2.24) is 9.55 Å². The van der Waals surface area contributed by atoms with E-state index in [2.05, 4.69) is 4.98 Å². The maximum atomic E-state index is 14.1. The summed E-state index contributed by atoms with van der Waals surface area (Å²) in [5, 5.41) is 8.05. The fourth-order valence-corrected chi connectivity index (χ4v) is 3.32. The minimum absolute atomic E-state index is 0.292. The third-order valence-electron chi connectivity index (χ3n) is 4.91. The van der Waals surface area contributed by atoms with E-state index in [1.165, 1.54) is 12.1 Å². The van der Waals surface area contributed by atoms with Crippen LogP contribution in [-0.2, 0) is 17.9 Å². The van der Waals surface area contributed by atoms with Gasteiger partial charge in [-0.05, 0) is 42.3 Å². The van der Waals surface area contributed by atoms with Crippen molar-refractivity contribution < 1.29 is 36.6 Å². The third kappa shape index (κ3) is 6.33. The van der Waals surface area contributed by atoms with Gasteiger partial charge in [0.15, 0.2) is 0 Å². The van der Waals surface area contributed by atoms with Gasteiger partial charge in [-0.1, -0.05) is 12.1 Å². The Balaban J connectivity index is 0.000000429. The highest BCUT2D eigenvalue weighted by molar-refractivity contribution is 5.90. The zero-order valence-corrected chi connectivity index (χ0v) is 18.3. The molecule has 0 saturated carbocycles. The largest absolute Gasteiger partial charge is 0.490 e. The van der Waals surface area contributed by atoms with Crippen LogP contribution < -0.4 is 10.5 Å². The minimum atomic E-state index is -5.08. The molecule has 0 aliphatic carbocycles. The Morgan fingerprint density at radius 2 is 1.86 bits per heavy atom. The number of ether oxygens (including phenoxy) is 1. The molecule has 0 aliphatic heterocycles. The topological polar surface area (TPSA) is 90.4 Å². The van der Waals surface area contributed by atoms with Gasteiger partial charge in [0.2, 0.25) is 5.88 Å². The van der Waals surface area contributed by atoms with Crippen LogP contribution in [0.1, 0.15) is 16.7 Å². The Hall–Kier alpha value is -3.99. The first-order chi connectivity index (χ1) is 16.5. The molecule has 4 aromatic rings. The maximum absolute atomic E-state index is 14.1. The van der Waals surface area contributed by atoms with E-state index in [1.54, 1.807) is 12.3 Å². The molecule has 0 unspecified atom stereocenters. The number of halogens is 5. The van der Waals surface area contributed by atoms with Crippen LogP contribution in [0.4, 0.5) is 22.0 Å². The number of benzene rings is 2. The fraction of sp³-hybridized carbons (Fsp3) is 0.167. The van der Waals surface area contributed by atoms with Crippen molar-refractivity contribution >= 4 is 16.9 Å². The van der Waals surface area contributed by atoms with E-state index in [1.807, 2.05) is 42.0 Å². The number of carboxylic acid groups (broad SMARTS) is 1. The van der Waals surface area contributed by atoms with Crippen molar-refractivity contribution in [2.75, 3.05) is 0 Å². The molecule has 2 aromatic carbocycles. The Morgan fingerprint density at radius 1 is 1.14 bits per heavy atom. The second-order valence-electron chi connectivity index (χ2n) is 7.44. The number of nitrogens with two attached hydrogens (primary N) is 1. The molecule has 0 spiro atoms. The van der Waals surface area contributed by atoms with Crippen molar-refractivity contribution in [2.45, 2.75) is 26.2 Å². The molecule has 0 amide bonds. The van der Waals surface area contributed by atoms with Crippen LogP contribution in [0.3, 0.4) is 0 Å². The first-order valence-electron chi connectivity index (χ1n) is 10.1. The molecular weight excluding hydrogens is 473 g/mol. The standard InChI is InChI=1S/C22H19F2N3O.C2HF3O2/c1-14-12-27(13-16-5-6-17(23)10-18(16)24)19-3-2-4-20(22(14)19)28-21-9-15(11-25)7-8-26-21;3-2(4,5)1(6)7/h2-10,12H,11,13,25H2,1H3;(H,6,7). The summed E-state index contributed by atoms with van der Waals surface area (Å²) >= 11 is 0. The van der Waals surface area contributed by atoms with Crippen molar-refractivity contribution in [3.8, 4) is 11.6 Å². The van der Waals surface area contributed by atoms with Gasteiger partial charge >= 0.3 is 12.1 Å². The zero-order valence-electron chi connectivity index (χ0n) is 18.3. The van der Waals surface area contributed by atoms with Crippen molar-refractivity contribution in [1.29, 1.82) is 0 Å². The van der Waals surface area contributed by atoms with Gasteiger partial charge in [0.1, 0.15) is 17.4 Å². The lowest BCUT2D eigenvalue weighted by atomic mass is 10.1. The molecular formula is C24H20F5N3O3. The number of nitrogens with zero attached hydrogens (tertiary/aromatic N) is 2. The number of carbonyl (C=O) groups is 1. The Bertz CT molecular complexity index is 1350. The van der Waals surface area contributed by atoms with Crippen LogP contribution in [0.15, 0.2) is 60.9 Å². The molecule has 0 aliphatic rings. The first kappa shape index (κ1) is 25.6. The number of alkyl halides is 3. The molecule has 3 N–H and O–H groups in total. The summed E-state index contributed by atoms with van der Waals surface area (Å²) in [6, 6.07) is 13.0. The van der Waals surface area contributed by atoms with E-state index >= 15 is 0 Å². The Kier molecular flexibility index (Phi) is 7.70. The summed E-state index contributed by atoms with van der Waals surface area (Å²) in [6.45, 7) is 2.67. The van der Waals surface area contributed by atoms with Crippen molar-refractivity contribution in [2.24, 2.45) is 5.73 Å². The number of hydrogen-bond acceptors (Lipinski definition) is 4. The molecule has 184 valence electrons. The fourth-order valence-electron chi connectivity index (χ4n) is 3.32. The van der Waals surface area contributed by atoms with Crippen LogP contribution in [0.5, 0.6) is 11.6 Å². The average Bonchev–Trinajstić information content (AvgIpc) is 3.12. The van der Waals surface area contributed by atoms with Gasteiger partial charge in [-0.15, -0.1) is 0 Å². The molecule has 2 heterocycles. The molecule has 2 aromatic heterocycles. The van der Waals surface area contributed by atoms with E-state index in [4.69, 9.17) is 20.4 Å². The third-order valence-corrected chi connectivity index (χ3v) is 4.91. The monoisotopic (exact) mass is 493 g/mol. The summed E-state index contributed by atoms with van der Waals surface area (Å²) in [7, 11) is 0. The molecule has 0 bridgehead atoms. The Morgan fingerprint density at radius 3 is 2.49 bits per heavy atom. The van der Waals surface area contributed by atoms with Gasteiger partial charge in [-0.3, -0.25) is 0 Å². The number of carboxylic acids is 1. The van der Waals surface area contributed by atoms with Crippen LogP contribution in [0, 0.1) is 18.6 Å². The molecule has 11 heteroatoms. The zero-order chi connectivity index (χ0) is 25.8. The first-order valence-corrected chi connectivity index (χ1v) is 10.1. The number of rotatable bonds is 5.